The Bertz CT molecular complexity index is 211. The van der Waals surface area contributed by atoms with Crippen molar-refractivity contribution in [2.75, 3.05) is 6.61 Å². The maximum atomic E-state index is 5.83. The Morgan fingerprint density at radius 1 is 1.06 bits per heavy atom. The molecular formula is C15H26O. The number of ether oxygens (including phenoxy) is 1. The molecule has 1 rings (SSSR count). The quantitative estimate of drug-likeness (QED) is 0.461. The fourth-order valence-corrected chi connectivity index (χ4v) is 2.03. The maximum Gasteiger partial charge on any atom is 0.118 e. The van der Waals surface area contributed by atoms with E-state index >= 15 is 0 Å². The predicted molar refractivity (Wildman–Crippen MR) is 69.4 cm³/mol. The lowest BCUT2D eigenvalue weighted by Crippen LogP contribution is -2.12. The highest BCUT2D eigenvalue weighted by atomic mass is 16.5. The van der Waals surface area contributed by atoms with Crippen molar-refractivity contribution >= 4 is 0 Å². The molecule has 0 saturated carbocycles. The molecule has 1 nitrogen and oxygen atoms in total. The summed E-state index contributed by atoms with van der Waals surface area (Å²) in [6.07, 6.45) is 12.9. The van der Waals surface area contributed by atoms with Crippen molar-refractivity contribution in [2.24, 2.45) is 0 Å². The second kappa shape index (κ2) is 9.73. The molecule has 0 saturated heterocycles. The topological polar surface area (TPSA) is 9.23 Å². The third kappa shape index (κ3) is 6.90. The highest BCUT2D eigenvalue weighted by Gasteiger charge is 2.06. The standard InChI is InChI=1S/C15H26O/c1-2-3-4-8-11-14-16-15-12-9-6-5-7-10-13-15/h15H,2-9,11-12,14H2,1H3. The Labute approximate surface area is 101 Å². The zero-order chi connectivity index (χ0) is 11.5. The average molecular weight is 222 g/mol. The van der Waals surface area contributed by atoms with Crippen molar-refractivity contribution in [3.63, 3.8) is 0 Å². The second-order valence-corrected chi connectivity index (χ2v) is 4.69. The van der Waals surface area contributed by atoms with E-state index < -0.39 is 0 Å². The minimum Gasteiger partial charge on any atom is -0.366 e. The van der Waals surface area contributed by atoms with Crippen LogP contribution >= 0.6 is 0 Å². The van der Waals surface area contributed by atoms with Crippen LogP contribution in [-0.2, 0) is 4.74 Å². The third-order valence-electron chi connectivity index (χ3n) is 3.10. The fourth-order valence-electron chi connectivity index (χ4n) is 2.03. The Morgan fingerprint density at radius 3 is 2.81 bits per heavy atom. The minimum atomic E-state index is 0.228. The molecule has 1 aliphatic rings. The van der Waals surface area contributed by atoms with Gasteiger partial charge in [-0.25, -0.2) is 0 Å². The Morgan fingerprint density at radius 2 is 1.94 bits per heavy atom. The van der Waals surface area contributed by atoms with Crippen LogP contribution in [0.5, 0.6) is 0 Å². The monoisotopic (exact) mass is 222 g/mol. The molecule has 0 radical (unpaired) electrons. The first kappa shape index (κ1) is 13.6. The van der Waals surface area contributed by atoms with Crippen molar-refractivity contribution in [1.82, 2.24) is 0 Å². The number of rotatable bonds is 7. The molecule has 0 fully saturated rings. The maximum absolute atomic E-state index is 5.83. The van der Waals surface area contributed by atoms with Gasteiger partial charge < -0.3 is 4.74 Å². The van der Waals surface area contributed by atoms with Gasteiger partial charge in [0.1, 0.15) is 6.10 Å². The molecule has 1 heteroatoms. The van der Waals surface area contributed by atoms with Gasteiger partial charge in [0.15, 0.2) is 0 Å². The Hall–Kier alpha value is -0.480. The van der Waals surface area contributed by atoms with Gasteiger partial charge in [-0.3, -0.25) is 0 Å². The summed E-state index contributed by atoms with van der Waals surface area (Å²) >= 11 is 0. The molecule has 0 aromatic rings. The van der Waals surface area contributed by atoms with Gasteiger partial charge in [-0.05, 0) is 25.7 Å². The summed E-state index contributed by atoms with van der Waals surface area (Å²) in [5, 5.41) is 0. The van der Waals surface area contributed by atoms with Crippen LogP contribution in [0.4, 0.5) is 0 Å². The molecule has 0 amide bonds. The zero-order valence-electron chi connectivity index (χ0n) is 10.8. The van der Waals surface area contributed by atoms with Crippen molar-refractivity contribution in [2.45, 2.75) is 77.2 Å². The lowest BCUT2D eigenvalue weighted by atomic mass is 10.1. The Kier molecular flexibility index (Phi) is 8.26. The molecule has 0 aromatic carbocycles. The van der Waals surface area contributed by atoms with E-state index in [0.29, 0.717) is 0 Å². The fraction of sp³-hybridized carbons (Fsp3) is 0.867. The summed E-state index contributed by atoms with van der Waals surface area (Å²) in [5.74, 6) is 6.47. The number of unbranched alkanes of at least 4 members (excludes halogenated alkanes) is 4. The van der Waals surface area contributed by atoms with Gasteiger partial charge in [-0.15, -0.1) is 5.92 Å². The largest absolute Gasteiger partial charge is 0.366 e. The average Bonchev–Trinajstić information content (AvgIpc) is 2.25. The van der Waals surface area contributed by atoms with Gasteiger partial charge in [0.25, 0.3) is 0 Å². The molecule has 0 spiro atoms. The third-order valence-corrected chi connectivity index (χ3v) is 3.10. The normalized spacial score (nSPS) is 20.7. The summed E-state index contributed by atoms with van der Waals surface area (Å²) in [4.78, 5) is 0. The van der Waals surface area contributed by atoms with Crippen LogP contribution < -0.4 is 0 Å². The van der Waals surface area contributed by atoms with Crippen molar-refractivity contribution < 1.29 is 4.74 Å². The van der Waals surface area contributed by atoms with Crippen molar-refractivity contribution in [3.05, 3.63) is 0 Å². The number of hydrogen-bond donors (Lipinski definition) is 0. The summed E-state index contributed by atoms with van der Waals surface area (Å²) in [7, 11) is 0. The van der Waals surface area contributed by atoms with E-state index in [1.54, 1.807) is 0 Å². The van der Waals surface area contributed by atoms with Crippen LogP contribution in [0, 0.1) is 11.8 Å². The van der Waals surface area contributed by atoms with E-state index in [9.17, 15) is 0 Å². The van der Waals surface area contributed by atoms with Crippen LogP contribution in [0.3, 0.4) is 0 Å². The molecule has 0 heterocycles. The molecule has 0 aliphatic heterocycles. The molecule has 0 aromatic heterocycles. The SMILES string of the molecule is CCCCCCCOC1C#CCCCCC1. The van der Waals surface area contributed by atoms with Gasteiger partial charge in [0.2, 0.25) is 0 Å². The lowest BCUT2D eigenvalue weighted by molar-refractivity contribution is 0.0801. The van der Waals surface area contributed by atoms with E-state index in [1.165, 1.54) is 51.4 Å². The summed E-state index contributed by atoms with van der Waals surface area (Å²) in [5.41, 5.74) is 0. The predicted octanol–water partition coefficient (Wildman–Crippen LogP) is 4.31. The van der Waals surface area contributed by atoms with E-state index in [1.807, 2.05) is 0 Å². The van der Waals surface area contributed by atoms with E-state index in [0.717, 1.165) is 19.4 Å². The lowest BCUT2D eigenvalue weighted by Gasteiger charge is -2.13. The van der Waals surface area contributed by atoms with Crippen LogP contribution in [0.2, 0.25) is 0 Å². The highest BCUT2D eigenvalue weighted by molar-refractivity contribution is 5.05. The van der Waals surface area contributed by atoms with Gasteiger partial charge in [-0.2, -0.15) is 0 Å². The molecule has 1 atom stereocenters. The van der Waals surface area contributed by atoms with E-state index in [4.69, 9.17) is 4.74 Å². The van der Waals surface area contributed by atoms with Crippen LogP contribution in [0.15, 0.2) is 0 Å². The van der Waals surface area contributed by atoms with Crippen LogP contribution in [0.1, 0.15) is 71.1 Å². The van der Waals surface area contributed by atoms with Gasteiger partial charge in [0.05, 0.1) is 0 Å². The smallest absolute Gasteiger partial charge is 0.118 e. The summed E-state index contributed by atoms with van der Waals surface area (Å²) in [6.45, 7) is 3.16. The molecular weight excluding hydrogens is 196 g/mol. The van der Waals surface area contributed by atoms with Crippen LogP contribution in [-0.4, -0.2) is 12.7 Å². The molecule has 1 unspecified atom stereocenters. The Balaban J connectivity index is 2.02. The first-order valence-electron chi connectivity index (χ1n) is 7.03. The minimum absolute atomic E-state index is 0.228. The highest BCUT2D eigenvalue weighted by Crippen LogP contribution is 2.11. The first-order chi connectivity index (χ1) is 7.93. The number of hydrogen-bond acceptors (Lipinski definition) is 1. The van der Waals surface area contributed by atoms with Gasteiger partial charge in [-0.1, -0.05) is 44.9 Å². The van der Waals surface area contributed by atoms with Gasteiger partial charge in [0, 0.05) is 13.0 Å². The van der Waals surface area contributed by atoms with Crippen molar-refractivity contribution in [3.8, 4) is 11.8 Å². The molecule has 0 bridgehead atoms. The van der Waals surface area contributed by atoms with Crippen LogP contribution in [0.25, 0.3) is 0 Å². The second-order valence-electron chi connectivity index (χ2n) is 4.69. The zero-order valence-corrected chi connectivity index (χ0v) is 10.8. The molecule has 92 valence electrons. The molecule has 0 N–H and O–H groups in total. The molecule has 16 heavy (non-hydrogen) atoms. The van der Waals surface area contributed by atoms with Crippen molar-refractivity contribution in [1.29, 1.82) is 0 Å². The van der Waals surface area contributed by atoms with Gasteiger partial charge >= 0.3 is 0 Å². The molecule has 1 aliphatic carbocycles. The first-order valence-corrected chi connectivity index (χ1v) is 7.03. The van der Waals surface area contributed by atoms with E-state index in [2.05, 4.69) is 18.8 Å². The summed E-state index contributed by atoms with van der Waals surface area (Å²) < 4.78 is 5.83. The summed E-state index contributed by atoms with van der Waals surface area (Å²) in [6, 6.07) is 0. The van der Waals surface area contributed by atoms with E-state index in [-0.39, 0.29) is 6.10 Å².